The summed E-state index contributed by atoms with van der Waals surface area (Å²) < 4.78 is 34.5. The first-order chi connectivity index (χ1) is 12.8. The first-order valence-electron chi connectivity index (χ1n) is 7.97. The normalized spacial score (nSPS) is 11.1. The Balaban J connectivity index is 2.24. The molecule has 2 aromatic rings. The molecule has 0 bridgehead atoms. The fourth-order valence-corrected chi connectivity index (χ4v) is 2.53. The van der Waals surface area contributed by atoms with Crippen molar-refractivity contribution < 1.29 is 23.0 Å². The van der Waals surface area contributed by atoms with Crippen LogP contribution in [0.15, 0.2) is 42.0 Å². The number of benzene rings is 2. The van der Waals surface area contributed by atoms with Crippen molar-refractivity contribution in [1.29, 1.82) is 5.26 Å². The van der Waals surface area contributed by atoms with Crippen molar-refractivity contribution >= 4 is 17.7 Å². The summed E-state index contributed by atoms with van der Waals surface area (Å²) in [5, 5.41) is 11.9. The SMILES string of the molecule is COc1ccc(NC(=O)/C(C#N)=C/c2cc(C)c(OC(F)F)c(C)c2)cc1. The van der Waals surface area contributed by atoms with Crippen molar-refractivity contribution in [3.63, 3.8) is 0 Å². The number of alkyl halides is 2. The highest BCUT2D eigenvalue weighted by Crippen LogP contribution is 2.27. The fraction of sp³-hybridized carbons (Fsp3) is 0.200. The number of rotatable bonds is 6. The molecule has 140 valence electrons. The number of anilines is 1. The number of nitrogens with zero attached hydrogens (tertiary/aromatic N) is 1. The number of nitrogens with one attached hydrogen (secondary N) is 1. The van der Waals surface area contributed by atoms with Gasteiger partial charge in [-0.2, -0.15) is 14.0 Å². The van der Waals surface area contributed by atoms with E-state index in [9.17, 15) is 18.8 Å². The number of carbonyl (C=O) groups excluding carboxylic acids is 1. The molecule has 0 heterocycles. The van der Waals surface area contributed by atoms with E-state index in [-0.39, 0.29) is 11.3 Å². The van der Waals surface area contributed by atoms with Gasteiger partial charge in [0.15, 0.2) is 0 Å². The lowest BCUT2D eigenvalue weighted by molar-refractivity contribution is -0.112. The molecule has 0 unspecified atom stereocenters. The Kier molecular flexibility index (Phi) is 6.50. The van der Waals surface area contributed by atoms with Gasteiger partial charge in [-0.1, -0.05) is 0 Å². The average Bonchev–Trinajstić information content (AvgIpc) is 2.63. The maximum Gasteiger partial charge on any atom is 0.387 e. The van der Waals surface area contributed by atoms with Crippen LogP contribution in [0.25, 0.3) is 6.08 Å². The summed E-state index contributed by atoms with van der Waals surface area (Å²) in [7, 11) is 1.53. The van der Waals surface area contributed by atoms with Gasteiger partial charge in [0.2, 0.25) is 0 Å². The molecule has 0 atom stereocenters. The minimum atomic E-state index is -2.92. The van der Waals surface area contributed by atoms with Crippen LogP contribution in [0.2, 0.25) is 0 Å². The van der Waals surface area contributed by atoms with Crippen molar-refractivity contribution in [3.8, 4) is 17.6 Å². The number of nitriles is 1. The Hall–Kier alpha value is -3.40. The van der Waals surface area contributed by atoms with Crippen LogP contribution >= 0.6 is 0 Å². The van der Waals surface area contributed by atoms with Crippen molar-refractivity contribution in [2.75, 3.05) is 12.4 Å². The summed E-state index contributed by atoms with van der Waals surface area (Å²) in [6.45, 7) is 0.311. The smallest absolute Gasteiger partial charge is 0.387 e. The van der Waals surface area contributed by atoms with Gasteiger partial charge in [-0.05, 0) is 73.0 Å². The van der Waals surface area contributed by atoms with Crippen LogP contribution in [0.1, 0.15) is 16.7 Å². The second kappa shape index (κ2) is 8.81. The highest BCUT2D eigenvalue weighted by molar-refractivity contribution is 6.09. The molecular formula is C20H18F2N2O3. The molecule has 2 aromatic carbocycles. The lowest BCUT2D eigenvalue weighted by Crippen LogP contribution is -2.13. The summed E-state index contributed by atoms with van der Waals surface area (Å²) in [5.41, 5.74) is 1.89. The average molecular weight is 372 g/mol. The van der Waals surface area contributed by atoms with Gasteiger partial charge in [-0.15, -0.1) is 0 Å². The van der Waals surface area contributed by atoms with E-state index in [0.717, 1.165) is 0 Å². The molecule has 27 heavy (non-hydrogen) atoms. The van der Waals surface area contributed by atoms with Gasteiger partial charge in [0.25, 0.3) is 5.91 Å². The minimum Gasteiger partial charge on any atom is -0.497 e. The maximum atomic E-state index is 12.5. The molecule has 7 heteroatoms. The third-order valence-electron chi connectivity index (χ3n) is 3.71. The van der Waals surface area contributed by atoms with Crippen molar-refractivity contribution in [1.82, 2.24) is 0 Å². The van der Waals surface area contributed by atoms with Gasteiger partial charge in [0.05, 0.1) is 7.11 Å². The lowest BCUT2D eigenvalue weighted by Gasteiger charge is -2.12. The highest BCUT2D eigenvalue weighted by atomic mass is 19.3. The van der Waals surface area contributed by atoms with Gasteiger partial charge in [0, 0.05) is 5.69 Å². The Labute approximate surface area is 155 Å². The molecule has 2 rings (SSSR count). The highest BCUT2D eigenvalue weighted by Gasteiger charge is 2.13. The van der Waals surface area contributed by atoms with Crippen molar-refractivity contribution in [3.05, 3.63) is 58.7 Å². The van der Waals surface area contributed by atoms with Crippen molar-refractivity contribution in [2.24, 2.45) is 0 Å². The van der Waals surface area contributed by atoms with Crippen LogP contribution in [0.4, 0.5) is 14.5 Å². The number of ether oxygens (including phenoxy) is 2. The summed E-state index contributed by atoms with van der Waals surface area (Å²) in [4.78, 5) is 12.3. The zero-order valence-electron chi connectivity index (χ0n) is 15.0. The van der Waals surface area contributed by atoms with E-state index in [1.54, 1.807) is 50.2 Å². The maximum absolute atomic E-state index is 12.5. The number of halogens is 2. The first-order valence-corrected chi connectivity index (χ1v) is 7.97. The zero-order chi connectivity index (χ0) is 20.0. The van der Waals surface area contributed by atoms with Crippen LogP contribution in [-0.4, -0.2) is 19.6 Å². The number of methoxy groups -OCH3 is 1. The van der Waals surface area contributed by atoms with Crippen LogP contribution in [0.5, 0.6) is 11.5 Å². The van der Waals surface area contributed by atoms with E-state index in [1.807, 2.05) is 6.07 Å². The predicted octanol–water partition coefficient (Wildman–Crippen LogP) is 4.46. The lowest BCUT2D eigenvalue weighted by atomic mass is 10.0. The first kappa shape index (κ1) is 19.9. The zero-order valence-corrected chi connectivity index (χ0v) is 15.0. The van der Waals surface area contributed by atoms with E-state index < -0.39 is 12.5 Å². The van der Waals surface area contributed by atoms with Gasteiger partial charge in [-0.25, -0.2) is 0 Å². The fourth-order valence-electron chi connectivity index (χ4n) is 2.53. The molecule has 0 saturated heterocycles. The number of carbonyl (C=O) groups is 1. The van der Waals surface area contributed by atoms with Gasteiger partial charge >= 0.3 is 6.61 Å². The second-order valence-corrected chi connectivity index (χ2v) is 5.71. The standard InChI is InChI=1S/C20H18F2N2O3/c1-12-8-14(9-13(2)18(12)27-20(21)22)10-15(11-23)19(25)24-16-4-6-17(26-3)7-5-16/h4-10,20H,1-3H3,(H,24,25)/b15-10+. The molecule has 0 aliphatic carbocycles. The van der Waals surface area contributed by atoms with Gasteiger partial charge in [0.1, 0.15) is 23.1 Å². The molecule has 5 nitrogen and oxygen atoms in total. The van der Waals surface area contributed by atoms with Crippen molar-refractivity contribution in [2.45, 2.75) is 20.5 Å². The molecule has 0 aliphatic rings. The summed E-state index contributed by atoms with van der Waals surface area (Å²) >= 11 is 0. The van der Waals surface area contributed by atoms with E-state index in [4.69, 9.17) is 4.74 Å². The monoisotopic (exact) mass is 372 g/mol. The van der Waals surface area contributed by atoms with E-state index in [0.29, 0.717) is 28.1 Å². The minimum absolute atomic E-state index is 0.0864. The predicted molar refractivity (Wildman–Crippen MR) is 97.8 cm³/mol. The Morgan fingerprint density at radius 3 is 2.26 bits per heavy atom. The van der Waals surface area contributed by atoms with Crippen LogP contribution in [-0.2, 0) is 4.79 Å². The van der Waals surface area contributed by atoms with Crippen LogP contribution in [0, 0.1) is 25.2 Å². The number of amides is 1. The molecular weight excluding hydrogens is 354 g/mol. The third kappa shape index (κ3) is 5.28. The van der Waals surface area contributed by atoms with Gasteiger partial charge < -0.3 is 14.8 Å². The summed E-state index contributed by atoms with van der Waals surface area (Å²) in [6.07, 6.45) is 1.39. The Morgan fingerprint density at radius 2 is 1.78 bits per heavy atom. The van der Waals surface area contributed by atoms with Crippen LogP contribution < -0.4 is 14.8 Å². The third-order valence-corrected chi connectivity index (χ3v) is 3.71. The molecule has 0 fully saturated rings. The Morgan fingerprint density at radius 1 is 1.19 bits per heavy atom. The molecule has 0 aliphatic heterocycles. The summed E-state index contributed by atoms with van der Waals surface area (Å²) in [5.74, 6) is 0.148. The molecule has 0 radical (unpaired) electrons. The number of hydrogen-bond acceptors (Lipinski definition) is 4. The summed E-state index contributed by atoms with van der Waals surface area (Å²) in [6, 6.07) is 11.7. The molecule has 0 aromatic heterocycles. The second-order valence-electron chi connectivity index (χ2n) is 5.71. The quantitative estimate of drug-likeness (QED) is 0.600. The Bertz CT molecular complexity index is 877. The number of aryl methyl sites for hydroxylation is 2. The molecule has 1 amide bonds. The van der Waals surface area contributed by atoms with Gasteiger partial charge in [-0.3, -0.25) is 4.79 Å². The number of hydrogen-bond donors (Lipinski definition) is 1. The molecule has 0 saturated carbocycles. The molecule has 0 spiro atoms. The van der Waals surface area contributed by atoms with E-state index in [2.05, 4.69) is 10.1 Å². The van der Waals surface area contributed by atoms with Crippen LogP contribution in [0.3, 0.4) is 0 Å². The molecule has 1 N–H and O–H groups in total. The largest absolute Gasteiger partial charge is 0.497 e. The van der Waals surface area contributed by atoms with E-state index in [1.165, 1.54) is 13.2 Å². The topological polar surface area (TPSA) is 71.3 Å². The van der Waals surface area contributed by atoms with E-state index >= 15 is 0 Å².